The summed E-state index contributed by atoms with van der Waals surface area (Å²) in [6.45, 7) is 3.96. The van der Waals surface area contributed by atoms with Crippen LogP contribution in [0.5, 0.6) is 0 Å². The van der Waals surface area contributed by atoms with Crippen LogP contribution in [0.4, 0.5) is 5.69 Å². The number of methoxy groups -OCH3 is 1. The van der Waals surface area contributed by atoms with Crippen LogP contribution in [0, 0.1) is 24.0 Å². The topological polar surface area (TPSA) is 95.2 Å². The van der Waals surface area contributed by atoms with Crippen LogP contribution >= 0.6 is 22.7 Å². The van der Waals surface area contributed by atoms with Crippen molar-refractivity contribution >= 4 is 57.4 Å². The highest BCUT2D eigenvalue weighted by atomic mass is 32.1. The monoisotopic (exact) mass is 451 g/mol. The molecule has 0 aliphatic heterocycles. The van der Waals surface area contributed by atoms with Crippen LogP contribution in [-0.2, 0) is 4.74 Å². The number of nitrogens with zero attached hydrogens (tertiary/aromatic N) is 3. The number of hydrogen-bond acceptors (Lipinski definition) is 8. The number of fused-ring (bicyclic) bond motifs is 1. The number of pyridine rings is 1. The summed E-state index contributed by atoms with van der Waals surface area (Å²) in [6.07, 6.45) is 3.42. The molecule has 9 heteroatoms. The number of thiazole rings is 1. The van der Waals surface area contributed by atoms with E-state index in [9.17, 15) is 14.9 Å². The Bertz CT molecular complexity index is 1350. The molecule has 0 aliphatic carbocycles. The zero-order chi connectivity index (χ0) is 22.1. The third-order valence-electron chi connectivity index (χ3n) is 4.60. The fourth-order valence-corrected chi connectivity index (χ4v) is 5.01. The molecule has 7 nitrogen and oxygen atoms in total. The molecular formula is C22H17N3O4S2. The Kier molecular flexibility index (Phi) is 5.62. The van der Waals surface area contributed by atoms with Gasteiger partial charge in [-0.25, -0.2) is 14.8 Å². The van der Waals surface area contributed by atoms with E-state index in [-0.39, 0.29) is 10.6 Å². The molecule has 31 heavy (non-hydrogen) atoms. The molecule has 0 atom stereocenters. The molecule has 0 saturated heterocycles. The largest absolute Gasteiger partial charge is 0.465 e. The van der Waals surface area contributed by atoms with Gasteiger partial charge in [-0.2, -0.15) is 0 Å². The van der Waals surface area contributed by atoms with Gasteiger partial charge in [0, 0.05) is 11.5 Å². The molecule has 0 amide bonds. The number of hydrogen-bond donors (Lipinski definition) is 0. The molecule has 0 radical (unpaired) electrons. The standard InChI is InChI=1S/C22H17N3O4S2/c1-12-21(30-13(2)23-12)17-8-6-15-10-14(4-7-16(15)24-17)5-9-19-18(25(27)28)11-20(31-19)22(26)29-3/h4-11H,1-3H3. The maximum Gasteiger partial charge on any atom is 0.348 e. The second kappa shape index (κ2) is 8.37. The summed E-state index contributed by atoms with van der Waals surface area (Å²) >= 11 is 2.65. The minimum absolute atomic E-state index is 0.121. The summed E-state index contributed by atoms with van der Waals surface area (Å²) in [5, 5.41) is 13.3. The Labute approximate surface area is 185 Å². The molecule has 0 fully saturated rings. The van der Waals surface area contributed by atoms with Gasteiger partial charge in [0.05, 0.1) is 38.8 Å². The molecule has 1 aromatic carbocycles. The average molecular weight is 452 g/mol. The van der Waals surface area contributed by atoms with Crippen molar-refractivity contribution in [2.24, 2.45) is 0 Å². The molecule has 3 aromatic heterocycles. The Morgan fingerprint density at radius 2 is 1.90 bits per heavy atom. The van der Waals surface area contributed by atoms with E-state index in [1.807, 2.05) is 44.2 Å². The Morgan fingerprint density at radius 3 is 2.58 bits per heavy atom. The highest BCUT2D eigenvalue weighted by Gasteiger charge is 2.21. The third kappa shape index (κ3) is 4.23. The smallest absolute Gasteiger partial charge is 0.348 e. The Balaban J connectivity index is 1.65. The van der Waals surface area contributed by atoms with Crippen LogP contribution in [0.3, 0.4) is 0 Å². The zero-order valence-electron chi connectivity index (χ0n) is 16.9. The number of rotatable bonds is 5. The normalized spacial score (nSPS) is 11.3. The van der Waals surface area contributed by atoms with Gasteiger partial charge in [0.25, 0.3) is 5.69 Å². The van der Waals surface area contributed by atoms with E-state index in [0.29, 0.717) is 4.88 Å². The fraction of sp³-hybridized carbons (Fsp3) is 0.136. The number of ether oxygens (including phenoxy) is 1. The minimum Gasteiger partial charge on any atom is -0.465 e. The van der Waals surface area contributed by atoms with E-state index in [1.165, 1.54) is 13.2 Å². The summed E-state index contributed by atoms with van der Waals surface area (Å²) < 4.78 is 4.66. The fourth-order valence-electron chi connectivity index (χ4n) is 3.17. The van der Waals surface area contributed by atoms with Crippen molar-refractivity contribution in [2.45, 2.75) is 13.8 Å². The average Bonchev–Trinajstić information content (AvgIpc) is 3.34. The summed E-state index contributed by atoms with van der Waals surface area (Å²) in [5.41, 5.74) is 3.47. The van der Waals surface area contributed by atoms with E-state index in [1.54, 1.807) is 23.5 Å². The van der Waals surface area contributed by atoms with Gasteiger partial charge in [0.15, 0.2) is 0 Å². The maximum absolute atomic E-state index is 11.7. The van der Waals surface area contributed by atoms with Gasteiger partial charge in [0.2, 0.25) is 0 Å². The first-order chi connectivity index (χ1) is 14.9. The molecule has 4 aromatic rings. The second-order valence-electron chi connectivity index (χ2n) is 6.74. The first-order valence-electron chi connectivity index (χ1n) is 9.25. The SMILES string of the molecule is COC(=O)c1cc([N+](=O)[O-])c(C=Cc2ccc3nc(-c4sc(C)nc4C)ccc3c2)s1. The number of esters is 1. The quantitative estimate of drug-likeness (QED) is 0.213. The van der Waals surface area contributed by atoms with Crippen molar-refractivity contribution in [1.29, 1.82) is 0 Å². The molecule has 0 bridgehead atoms. The van der Waals surface area contributed by atoms with E-state index in [4.69, 9.17) is 4.98 Å². The van der Waals surface area contributed by atoms with Gasteiger partial charge in [-0.05, 0) is 43.7 Å². The van der Waals surface area contributed by atoms with Crippen LogP contribution in [0.2, 0.25) is 0 Å². The van der Waals surface area contributed by atoms with Crippen molar-refractivity contribution in [2.75, 3.05) is 7.11 Å². The lowest BCUT2D eigenvalue weighted by Gasteiger charge is -2.03. The highest BCUT2D eigenvalue weighted by molar-refractivity contribution is 7.15. The molecule has 0 aliphatic rings. The van der Waals surface area contributed by atoms with Crippen molar-refractivity contribution in [3.63, 3.8) is 0 Å². The first-order valence-corrected chi connectivity index (χ1v) is 10.9. The Hall–Kier alpha value is -3.43. The molecule has 4 rings (SSSR count). The molecular weight excluding hydrogens is 434 g/mol. The maximum atomic E-state index is 11.7. The van der Waals surface area contributed by atoms with Crippen LogP contribution < -0.4 is 0 Å². The van der Waals surface area contributed by atoms with Gasteiger partial charge in [-0.3, -0.25) is 10.1 Å². The van der Waals surface area contributed by atoms with Crippen LogP contribution in [0.1, 0.15) is 30.8 Å². The summed E-state index contributed by atoms with van der Waals surface area (Å²) in [4.78, 5) is 33.4. The number of aromatic nitrogens is 2. The van der Waals surface area contributed by atoms with Gasteiger partial charge in [-0.1, -0.05) is 18.2 Å². The van der Waals surface area contributed by atoms with Gasteiger partial charge in [-0.15, -0.1) is 22.7 Å². The molecule has 3 heterocycles. The van der Waals surface area contributed by atoms with Crippen LogP contribution in [0.25, 0.3) is 33.6 Å². The van der Waals surface area contributed by atoms with Crippen molar-refractivity contribution < 1.29 is 14.5 Å². The highest BCUT2D eigenvalue weighted by Crippen LogP contribution is 2.32. The second-order valence-corrected chi connectivity index (χ2v) is 9.03. The third-order valence-corrected chi connectivity index (χ3v) is 6.76. The molecule has 156 valence electrons. The van der Waals surface area contributed by atoms with E-state index < -0.39 is 10.9 Å². The molecule has 0 saturated carbocycles. The molecule has 0 unspecified atom stereocenters. The predicted octanol–water partition coefficient (Wildman–Crippen LogP) is 5.90. The number of thiophene rings is 1. The summed E-state index contributed by atoms with van der Waals surface area (Å²) in [6, 6.07) is 11.0. The Morgan fingerprint density at radius 1 is 1.10 bits per heavy atom. The predicted molar refractivity (Wildman–Crippen MR) is 124 cm³/mol. The van der Waals surface area contributed by atoms with Crippen molar-refractivity contribution in [1.82, 2.24) is 9.97 Å². The number of carbonyl (C=O) groups excluding carboxylic acids is 1. The lowest BCUT2D eigenvalue weighted by atomic mass is 10.1. The lowest BCUT2D eigenvalue weighted by molar-refractivity contribution is -0.384. The molecule has 0 N–H and O–H groups in total. The van der Waals surface area contributed by atoms with Gasteiger partial charge in [0.1, 0.15) is 9.75 Å². The number of carbonyl (C=O) groups is 1. The van der Waals surface area contributed by atoms with Crippen molar-refractivity contribution in [3.8, 4) is 10.6 Å². The summed E-state index contributed by atoms with van der Waals surface area (Å²) in [5.74, 6) is -0.591. The number of nitro groups is 1. The summed E-state index contributed by atoms with van der Waals surface area (Å²) in [7, 11) is 1.25. The van der Waals surface area contributed by atoms with Crippen molar-refractivity contribution in [3.05, 3.63) is 72.5 Å². The van der Waals surface area contributed by atoms with Gasteiger partial charge >= 0.3 is 5.97 Å². The molecule has 0 spiro atoms. The minimum atomic E-state index is -0.591. The van der Waals surface area contributed by atoms with E-state index in [2.05, 4.69) is 9.72 Å². The first kappa shape index (κ1) is 20.8. The van der Waals surface area contributed by atoms with Crippen LogP contribution in [0.15, 0.2) is 36.4 Å². The number of aryl methyl sites for hydroxylation is 2. The van der Waals surface area contributed by atoms with Crippen LogP contribution in [-0.4, -0.2) is 28.0 Å². The zero-order valence-corrected chi connectivity index (χ0v) is 18.5. The lowest BCUT2D eigenvalue weighted by Crippen LogP contribution is -1.97. The van der Waals surface area contributed by atoms with E-state index in [0.717, 1.165) is 49.1 Å². The van der Waals surface area contributed by atoms with E-state index >= 15 is 0 Å². The number of benzene rings is 1. The van der Waals surface area contributed by atoms with Gasteiger partial charge < -0.3 is 4.74 Å².